The zero-order valence-electron chi connectivity index (χ0n) is 26.3. The second-order valence-corrected chi connectivity index (χ2v) is 13.6. The van der Waals surface area contributed by atoms with Crippen LogP contribution in [0.1, 0.15) is 74.1 Å². The van der Waals surface area contributed by atoms with Crippen LogP contribution in [-0.2, 0) is 28.6 Å². The molecular formula is C32H48O8S. The summed E-state index contributed by atoms with van der Waals surface area (Å²) in [4.78, 5) is 41.9. The molecule has 9 heteroatoms. The Morgan fingerprint density at radius 2 is 1.59 bits per heavy atom. The van der Waals surface area contributed by atoms with Gasteiger partial charge in [-0.25, -0.2) is 0 Å². The summed E-state index contributed by atoms with van der Waals surface area (Å²) in [6, 6.07) is 5.46. The largest absolute Gasteiger partial charge is 0.493 e. The van der Waals surface area contributed by atoms with Crippen molar-refractivity contribution in [2.75, 3.05) is 21.3 Å². The van der Waals surface area contributed by atoms with Crippen molar-refractivity contribution < 1.29 is 38.1 Å². The molecule has 3 rings (SSSR count). The van der Waals surface area contributed by atoms with Crippen LogP contribution >= 0.6 is 11.8 Å². The minimum absolute atomic E-state index is 0.0416. The molecule has 2 heterocycles. The van der Waals surface area contributed by atoms with E-state index in [4.69, 9.17) is 23.7 Å². The number of cyclic esters (lactones) is 1. The van der Waals surface area contributed by atoms with Crippen molar-refractivity contribution in [1.82, 2.24) is 0 Å². The van der Waals surface area contributed by atoms with Crippen LogP contribution in [-0.4, -0.2) is 61.6 Å². The van der Waals surface area contributed by atoms with Gasteiger partial charge in [0.15, 0.2) is 17.1 Å². The first-order valence-corrected chi connectivity index (χ1v) is 15.5. The Kier molecular flexibility index (Phi) is 10.8. The van der Waals surface area contributed by atoms with Crippen LogP contribution in [0.5, 0.6) is 11.5 Å². The normalized spacial score (nSPS) is 37.0. The highest BCUT2D eigenvalue weighted by molar-refractivity contribution is 8.00. The van der Waals surface area contributed by atoms with Crippen molar-refractivity contribution in [3.8, 4) is 11.5 Å². The lowest BCUT2D eigenvalue weighted by Crippen LogP contribution is -2.52. The fraction of sp³-hybridized carbons (Fsp3) is 0.719. The molecule has 2 fully saturated rings. The van der Waals surface area contributed by atoms with Crippen LogP contribution in [0.25, 0.3) is 0 Å². The molecule has 2 aliphatic heterocycles. The van der Waals surface area contributed by atoms with Gasteiger partial charge in [0, 0.05) is 29.8 Å². The van der Waals surface area contributed by atoms with Gasteiger partial charge in [-0.2, -0.15) is 0 Å². The first-order chi connectivity index (χ1) is 19.2. The number of ketones is 1. The summed E-state index contributed by atoms with van der Waals surface area (Å²) in [5.41, 5.74) is -1.72. The third kappa shape index (κ3) is 7.04. The fourth-order valence-electron chi connectivity index (χ4n) is 6.99. The number of Topliss-reactive ketones (excluding diaryl/α,β-unsaturated/α-hetero) is 1. The molecule has 1 aromatic carbocycles. The van der Waals surface area contributed by atoms with E-state index in [0.29, 0.717) is 37.2 Å². The number of ether oxygens (including phenoxy) is 5. The smallest absolute Gasteiger partial charge is 0.320 e. The number of esters is 2. The van der Waals surface area contributed by atoms with Crippen LogP contribution < -0.4 is 9.47 Å². The van der Waals surface area contributed by atoms with Gasteiger partial charge in [0.1, 0.15) is 17.1 Å². The molecule has 0 amide bonds. The molecule has 230 valence electrons. The molecule has 41 heavy (non-hydrogen) atoms. The second kappa shape index (κ2) is 13.4. The zero-order chi connectivity index (χ0) is 30.7. The molecular weight excluding hydrogens is 544 g/mol. The number of thioether (sulfide) groups is 1. The zero-order valence-corrected chi connectivity index (χ0v) is 27.1. The SMILES string of the molecule is CCC1OC(=O)C(C)CC(C)CC(C)(OC)CC(C)C(=O)C(C)C2C(Sc3ccc(OC)c(OC)c3)C(=O)OC12C. The molecule has 0 aromatic heterocycles. The second-order valence-electron chi connectivity index (χ2n) is 12.4. The number of carbonyl (C=O) groups is 3. The molecule has 0 N–H and O–H groups in total. The fourth-order valence-corrected chi connectivity index (χ4v) is 8.40. The number of methoxy groups -OCH3 is 3. The van der Waals surface area contributed by atoms with E-state index >= 15 is 0 Å². The molecule has 9 unspecified atom stereocenters. The summed E-state index contributed by atoms with van der Waals surface area (Å²) in [5.74, 6) is -1.15. The van der Waals surface area contributed by atoms with E-state index in [1.165, 1.54) is 11.8 Å². The highest BCUT2D eigenvalue weighted by atomic mass is 32.2. The van der Waals surface area contributed by atoms with Gasteiger partial charge in [-0.15, -0.1) is 11.8 Å². The Balaban J connectivity index is 2.09. The first kappa shape index (κ1) is 33.2. The Bertz CT molecular complexity index is 1110. The van der Waals surface area contributed by atoms with Gasteiger partial charge >= 0.3 is 11.9 Å². The van der Waals surface area contributed by atoms with E-state index in [1.54, 1.807) is 27.4 Å². The number of carbonyl (C=O) groups excluding carboxylic acids is 3. The van der Waals surface area contributed by atoms with Crippen LogP contribution in [0.15, 0.2) is 23.1 Å². The third-order valence-corrected chi connectivity index (χ3v) is 10.3. The average molecular weight is 593 g/mol. The minimum atomic E-state index is -1.19. The molecule has 2 saturated heterocycles. The van der Waals surface area contributed by atoms with Crippen LogP contribution in [0, 0.1) is 29.6 Å². The molecule has 0 bridgehead atoms. The van der Waals surface area contributed by atoms with Crippen molar-refractivity contribution in [3.63, 3.8) is 0 Å². The van der Waals surface area contributed by atoms with Gasteiger partial charge in [-0.05, 0) is 63.6 Å². The predicted molar refractivity (Wildman–Crippen MR) is 158 cm³/mol. The van der Waals surface area contributed by atoms with Gasteiger partial charge in [0.25, 0.3) is 0 Å². The molecule has 9 atom stereocenters. The number of fused-ring (bicyclic) bond motifs is 1. The van der Waals surface area contributed by atoms with E-state index in [2.05, 4.69) is 6.92 Å². The number of benzene rings is 1. The van der Waals surface area contributed by atoms with E-state index in [9.17, 15) is 14.4 Å². The summed E-state index contributed by atoms with van der Waals surface area (Å²) in [6.45, 7) is 13.6. The molecule has 8 nitrogen and oxygen atoms in total. The summed E-state index contributed by atoms with van der Waals surface area (Å²) >= 11 is 1.34. The van der Waals surface area contributed by atoms with E-state index in [-0.39, 0.29) is 29.5 Å². The third-order valence-electron chi connectivity index (χ3n) is 9.07. The minimum Gasteiger partial charge on any atom is -0.493 e. The summed E-state index contributed by atoms with van der Waals surface area (Å²) in [6.07, 6.45) is 1.63. The lowest BCUT2D eigenvalue weighted by molar-refractivity contribution is -0.183. The van der Waals surface area contributed by atoms with Gasteiger partial charge in [0.05, 0.1) is 25.7 Å². The molecule has 0 aliphatic carbocycles. The highest BCUT2D eigenvalue weighted by Gasteiger charge is 2.61. The van der Waals surface area contributed by atoms with Gasteiger partial charge in [-0.1, -0.05) is 34.6 Å². The van der Waals surface area contributed by atoms with E-state index < -0.39 is 40.4 Å². The van der Waals surface area contributed by atoms with E-state index in [1.807, 2.05) is 53.7 Å². The number of rotatable bonds is 6. The van der Waals surface area contributed by atoms with E-state index in [0.717, 1.165) is 4.90 Å². The lowest BCUT2D eigenvalue weighted by Gasteiger charge is -2.41. The summed E-state index contributed by atoms with van der Waals surface area (Å²) in [5, 5.41) is -0.698. The van der Waals surface area contributed by atoms with Gasteiger partial charge < -0.3 is 23.7 Å². The van der Waals surface area contributed by atoms with Crippen LogP contribution in [0.3, 0.4) is 0 Å². The van der Waals surface area contributed by atoms with Crippen molar-refractivity contribution in [3.05, 3.63) is 18.2 Å². The average Bonchev–Trinajstić information content (AvgIpc) is 3.18. The van der Waals surface area contributed by atoms with Gasteiger partial charge in [0.2, 0.25) is 0 Å². The Morgan fingerprint density at radius 1 is 0.927 bits per heavy atom. The Labute approximate surface area is 249 Å². The maximum atomic E-state index is 14.1. The summed E-state index contributed by atoms with van der Waals surface area (Å²) in [7, 11) is 4.80. The first-order valence-electron chi connectivity index (χ1n) is 14.6. The van der Waals surface area contributed by atoms with Crippen molar-refractivity contribution in [2.45, 2.75) is 102 Å². The quantitative estimate of drug-likeness (QED) is 0.362. The lowest BCUT2D eigenvalue weighted by atomic mass is 9.70. The van der Waals surface area contributed by atoms with Crippen molar-refractivity contribution in [1.29, 1.82) is 0 Å². The molecule has 0 saturated carbocycles. The number of hydrogen-bond donors (Lipinski definition) is 0. The van der Waals surface area contributed by atoms with Gasteiger partial charge in [-0.3, -0.25) is 14.4 Å². The summed E-state index contributed by atoms with van der Waals surface area (Å²) < 4.78 is 29.1. The number of hydrogen-bond acceptors (Lipinski definition) is 9. The molecule has 0 spiro atoms. The van der Waals surface area contributed by atoms with Crippen molar-refractivity contribution in [2.24, 2.45) is 29.6 Å². The highest BCUT2D eigenvalue weighted by Crippen LogP contribution is 2.50. The Morgan fingerprint density at radius 3 is 2.17 bits per heavy atom. The standard InChI is InChI=1S/C32H48O8S/c1-11-25-32(7)26(28(30(35)40-32)41-22-12-13-23(36-8)24(15-22)37-9)21(5)27(33)20(4)17-31(6,38-10)16-18(2)14-19(3)29(34)39-25/h12-13,15,18-21,25-26,28H,11,14,16-17H2,1-10H3. The van der Waals surface area contributed by atoms with Crippen LogP contribution in [0.4, 0.5) is 0 Å². The Hall–Kier alpha value is -2.26. The monoisotopic (exact) mass is 592 g/mol. The molecule has 0 radical (unpaired) electrons. The predicted octanol–water partition coefficient (Wildman–Crippen LogP) is 6.12. The topological polar surface area (TPSA) is 97.4 Å². The van der Waals surface area contributed by atoms with Crippen LogP contribution in [0.2, 0.25) is 0 Å². The molecule has 1 aromatic rings. The molecule has 2 aliphatic rings. The van der Waals surface area contributed by atoms with Crippen molar-refractivity contribution >= 4 is 29.5 Å². The maximum Gasteiger partial charge on any atom is 0.320 e. The maximum absolute atomic E-state index is 14.1.